The molecule has 0 unspecified atom stereocenters. The summed E-state index contributed by atoms with van der Waals surface area (Å²) in [5.41, 5.74) is 2.03. The molecule has 0 aliphatic rings. The first kappa shape index (κ1) is 19.6. The van der Waals surface area contributed by atoms with Gasteiger partial charge in [-0.05, 0) is 50.1 Å². The van der Waals surface area contributed by atoms with Crippen molar-refractivity contribution >= 4 is 11.9 Å². The van der Waals surface area contributed by atoms with Gasteiger partial charge in [0.1, 0.15) is 11.5 Å². The summed E-state index contributed by atoms with van der Waals surface area (Å²) < 4.78 is 15.9. The first-order valence-electron chi connectivity index (χ1n) is 8.65. The van der Waals surface area contributed by atoms with E-state index in [0.717, 1.165) is 11.1 Å². The molecule has 0 radical (unpaired) electrons. The number of ether oxygens (including phenoxy) is 2. The number of amides is 1. The van der Waals surface area contributed by atoms with Crippen LogP contribution in [0.25, 0.3) is 0 Å². The Labute approximate surface area is 153 Å². The van der Waals surface area contributed by atoms with E-state index in [1.807, 2.05) is 32.0 Å². The lowest BCUT2D eigenvalue weighted by Gasteiger charge is -2.22. The van der Waals surface area contributed by atoms with Crippen molar-refractivity contribution in [3.63, 3.8) is 0 Å². The number of rotatable bonds is 9. The van der Waals surface area contributed by atoms with Gasteiger partial charge in [0.05, 0.1) is 25.8 Å². The maximum atomic E-state index is 12.6. The molecule has 0 aliphatic heterocycles. The van der Waals surface area contributed by atoms with Gasteiger partial charge < -0.3 is 18.8 Å². The molecule has 0 N–H and O–H groups in total. The second kappa shape index (κ2) is 9.65. The predicted octanol–water partition coefficient (Wildman–Crippen LogP) is 3.26. The molecule has 6 nitrogen and oxygen atoms in total. The highest BCUT2D eigenvalue weighted by atomic mass is 16.5. The Kier molecular flexibility index (Phi) is 7.26. The van der Waals surface area contributed by atoms with E-state index in [2.05, 4.69) is 0 Å². The van der Waals surface area contributed by atoms with Crippen molar-refractivity contribution in [3.05, 3.63) is 53.5 Å². The fourth-order valence-corrected chi connectivity index (χ4v) is 2.44. The van der Waals surface area contributed by atoms with E-state index in [-0.39, 0.29) is 38.0 Å². The Balaban J connectivity index is 1.99. The number of nitrogens with zero attached hydrogens (tertiary/aromatic N) is 1. The van der Waals surface area contributed by atoms with Crippen LogP contribution in [0.15, 0.2) is 41.0 Å². The van der Waals surface area contributed by atoms with Crippen LogP contribution in [-0.2, 0) is 20.9 Å². The second-order valence-electron chi connectivity index (χ2n) is 6.01. The molecule has 6 heteroatoms. The highest BCUT2D eigenvalue weighted by molar-refractivity contribution is 5.78. The van der Waals surface area contributed by atoms with Crippen molar-refractivity contribution in [1.29, 1.82) is 0 Å². The molecule has 0 saturated carbocycles. The van der Waals surface area contributed by atoms with Gasteiger partial charge in [-0.15, -0.1) is 0 Å². The summed E-state index contributed by atoms with van der Waals surface area (Å²) in [5, 5.41) is 0. The highest BCUT2D eigenvalue weighted by Crippen LogP contribution is 2.19. The minimum Gasteiger partial charge on any atom is -0.483 e. The van der Waals surface area contributed by atoms with Crippen molar-refractivity contribution in [2.24, 2.45) is 0 Å². The standard InChI is InChI=1S/C20H25NO5/c1-4-24-20(23)9-10-21(13-17-6-5-11-25-17)19(22)14-26-18-12-15(2)7-8-16(18)3/h5-8,11-12H,4,9-10,13-14H2,1-3H3. The molecule has 0 spiro atoms. The highest BCUT2D eigenvalue weighted by Gasteiger charge is 2.18. The number of hydrogen-bond donors (Lipinski definition) is 0. The lowest BCUT2D eigenvalue weighted by molar-refractivity contribution is -0.144. The Bertz CT molecular complexity index is 724. The largest absolute Gasteiger partial charge is 0.483 e. The SMILES string of the molecule is CCOC(=O)CCN(Cc1ccco1)C(=O)COc1cc(C)ccc1C. The quantitative estimate of drug-likeness (QED) is 0.643. The van der Waals surface area contributed by atoms with Gasteiger partial charge in [0, 0.05) is 6.54 Å². The molecular weight excluding hydrogens is 334 g/mol. The molecule has 140 valence electrons. The average molecular weight is 359 g/mol. The van der Waals surface area contributed by atoms with Crippen molar-refractivity contribution in [1.82, 2.24) is 4.90 Å². The number of esters is 1. The zero-order valence-corrected chi connectivity index (χ0v) is 15.5. The Hall–Kier alpha value is -2.76. The van der Waals surface area contributed by atoms with Gasteiger partial charge in [-0.3, -0.25) is 9.59 Å². The van der Waals surface area contributed by atoms with E-state index in [1.165, 1.54) is 0 Å². The molecule has 1 aromatic heterocycles. The van der Waals surface area contributed by atoms with Gasteiger partial charge in [0.2, 0.25) is 0 Å². The number of hydrogen-bond acceptors (Lipinski definition) is 5. The van der Waals surface area contributed by atoms with Crippen molar-refractivity contribution in [3.8, 4) is 5.75 Å². The third-order valence-corrected chi connectivity index (χ3v) is 3.87. The summed E-state index contributed by atoms with van der Waals surface area (Å²) >= 11 is 0. The smallest absolute Gasteiger partial charge is 0.307 e. The van der Waals surface area contributed by atoms with Gasteiger partial charge >= 0.3 is 5.97 Å². The van der Waals surface area contributed by atoms with Crippen LogP contribution in [0, 0.1) is 13.8 Å². The number of furan rings is 1. The normalized spacial score (nSPS) is 10.4. The molecule has 1 amide bonds. The van der Waals surface area contributed by atoms with Crippen LogP contribution in [0.1, 0.15) is 30.2 Å². The van der Waals surface area contributed by atoms with Crippen molar-refractivity contribution < 1.29 is 23.5 Å². The maximum Gasteiger partial charge on any atom is 0.307 e. The van der Waals surface area contributed by atoms with E-state index in [4.69, 9.17) is 13.9 Å². The lowest BCUT2D eigenvalue weighted by Crippen LogP contribution is -2.36. The third-order valence-electron chi connectivity index (χ3n) is 3.87. The Morgan fingerprint density at radius 2 is 2.00 bits per heavy atom. The predicted molar refractivity (Wildman–Crippen MR) is 96.8 cm³/mol. The fourth-order valence-electron chi connectivity index (χ4n) is 2.44. The van der Waals surface area contributed by atoms with E-state index in [1.54, 1.807) is 30.2 Å². The molecule has 2 rings (SSSR count). The van der Waals surface area contributed by atoms with Gasteiger partial charge in [0.25, 0.3) is 5.91 Å². The molecule has 0 saturated heterocycles. The summed E-state index contributed by atoms with van der Waals surface area (Å²) in [6.07, 6.45) is 1.68. The maximum absolute atomic E-state index is 12.6. The second-order valence-corrected chi connectivity index (χ2v) is 6.01. The first-order valence-corrected chi connectivity index (χ1v) is 8.65. The zero-order chi connectivity index (χ0) is 18.9. The monoisotopic (exact) mass is 359 g/mol. The number of aryl methyl sites for hydroxylation is 2. The topological polar surface area (TPSA) is 69.0 Å². The summed E-state index contributed by atoms with van der Waals surface area (Å²) in [4.78, 5) is 25.8. The first-order chi connectivity index (χ1) is 12.5. The van der Waals surface area contributed by atoms with Gasteiger partial charge in [-0.1, -0.05) is 12.1 Å². The van der Waals surface area contributed by atoms with Gasteiger partial charge in [-0.25, -0.2) is 0 Å². The summed E-state index contributed by atoms with van der Waals surface area (Å²) in [6, 6.07) is 9.40. The molecule has 2 aromatic rings. The molecular formula is C20H25NO5. The van der Waals surface area contributed by atoms with Crippen LogP contribution >= 0.6 is 0 Å². The molecule has 0 bridgehead atoms. The van der Waals surface area contributed by atoms with Crippen molar-refractivity contribution in [2.45, 2.75) is 33.7 Å². The minimum absolute atomic E-state index is 0.103. The van der Waals surface area contributed by atoms with Crippen LogP contribution in [-0.4, -0.2) is 36.5 Å². The van der Waals surface area contributed by atoms with E-state index < -0.39 is 0 Å². The number of carbonyl (C=O) groups excluding carboxylic acids is 2. The molecule has 26 heavy (non-hydrogen) atoms. The average Bonchev–Trinajstić information content (AvgIpc) is 3.12. The van der Waals surface area contributed by atoms with E-state index in [9.17, 15) is 9.59 Å². The molecule has 1 heterocycles. The Morgan fingerprint density at radius 3 is 2.69 bits per heavy atom. The number of carbonyl (C=O) groups is 2. The van der Waals surface area contributed by atoms with E-state index >= 15 is 0 Å². The van der Waals surface area contributed by atoms with E-state index in [0.29, 0.717) is 18.1 Å². The summed E-state index contributed by atoms with van der Waals surface area (Å²) in [5.74, 6) is 0.780. The van der Waals surface area contributed by atoms with Crippen LogP contribution in [0.5, 0.6) is 5.75 Å². The summed E-state index contributed by atoms with van der Waals surface area (Å²) in [6.45, 7) is 6.39. The Morgan fingerprint density at radius 1 is 1.19 bits per heavy atom. The molecule has 1 aromatic carbocycles. The number of benzene rings is 1. The van der Waals surface area contributed by atoms with Crippen LogP contribution < -0.4 is 4.74 Å². The lowest BCUT2D eigenvalue weighted by atomic mass is 10.1. The molecule has 0 atom stereocenters. The van der Waals surface area contributed by atoms with Gasteiger partial charge in [-0.2, -0.15) is 0 Å². The van der Waals surface area contributed by atoms with Crippen molar-refractivity contribution in [2.75, 3.05) is 19.8 Å². The van der Waals surface area contributed by atoms with Crippen LogP contribution in [0.3, 0.4) is 0 Å². The fraction of sp³-hybridized carbons (Fsp3) is 0.400. The van der Waals surface area contributed by atoms with Crippen LogP contribution in [0.2, 0.25) is 0 Å². The molecule has 0 aliphatic carbocycles. The minimum atomic E-state index is -0.333. The van der Waals surface area contributed by atoms with Gasteiger partial charge in [0.15, 0.2) is 6.61 Å². The third kappa shape index (κ3) is 5.95. The summed E-state index contributed by atoms with van der Waals surface area (Å²) in [7, 11) is 0. The zero-order valence-electron chi connectivity index (χ0n) is 15.5. The van der Waals surface area contributed by atoms with Crippen LogP contribution in [0.4, 0.5) is 0 Å². The molecule has 0 fully saturated rings.